The Hall–Kier alpha value is -1.78. The third kappa shape index (κ3) is 1.80. The number of hydrogen-bond donors (Lipinski definition) is 0. The van der Waals surface area contributed by atoms with Crippen LogP contribution in [0, 0.1) is 5.92 Å². The van der Waals surface area contributed by atoms with E-state index in [1.807, 2.05) is 0 Å². The van der Waals surface area contributed by atoms with E-state index in [-0.39, 0.29) is 17.9 Å². The molecule has 0 radical (unpaired) electrons. The molecule has 1 heterocycles. The lowest BCUT2D eigenvalue weighted by Crippen LogP contribution is -2.34. The summed E-state index contributed by atoms with van der Waals surface area (Å²) < 4.78 is 1.50. The van der Waals surface area contributed by atoms with Gasteiger partial charge in [-0.05, 0) is 18.9 Å². The molecule has 1 aromatic heterocycles. The number of nitrogens with zero attached hydrogens (tertiary/aromatic N) is 2. The van der Waals surface area contributed by atoms with E-state index in [4.69, 9.17) is 0 Å². The highest BCUT2D eigenvalue weighted by Gasteiger charge is 2.35. The van der Waals surface area contributed by atoms with Crippen molar-refractivity contribution in [3.63, 3.8) is 0 Å². The molecule has 1 aromatic rings. The van der Waals surface area contributed by atoms with Crippen molar-refractivity contribution in [2.75, 3.05) is 0 Å². The standard InChI is InChI=1S/C11H12N2O3/c1-13-6-5-8(12-13)10(15)7-3-2-4-9(14)11(7)16/h5-7H,2-4H2,1H3. The van der Waals surface area contributed by atoms with Gasteiger partial charge in [0.2, 0.25) is 5.78 Å². The molecule has 0 bridgehead atoms. The Labute approximate surface area is 92.4 Å². The molecule has 0 aliphatic heterocycles. The Morgan fingerprint density at radius 3 is 2.88 bits per heavy atom. The van der Waals surface area contributed by atoms with Gasteiger partial charge in [0.25, 0.3) is 0 Å². The number of hydrogen-bond acceptors (Lipinski definition) is 4. The SMILES string of the molecule is Cn1ccc(C(=O)C2CCCC(=O)C2=O)n1. The number of Topliss-reactive ketones (excluding diaryl/α,β-unsaturated/α-hetero) is 3. The van der Waals surface area contributed by atoms with Crippen molar-refractivity contribution in [3.8, 4) is 0 Å². The second-order valence-corrected chi connectivity index (χ2v) is 3.97. The highest BCUT2D eigenvalue weighted by atomic mass is 16.2. The number of aromatic nitrogens is 2. The van der Waals surface area contributed by atoms with Crippen LogP contribution in [0.2, 0.25) is 0 Å². The molecule has 1 atom stereocenters. The van der Waals surface area contributed by atoms with Gasteiger partial charge in [0, 0.05) is 19.7 Å². The third-order valence-electron chi connectivity index (χ3n) is 2.77. The van der Waals surface area contributed by atoms with Gasteiger partial charge in [-0.1, -0.05) is 0 Å². The smallest absolute Gasteiger partial charge is 0.209 e. The number of aryl methyl sites for hydroxylation is 1. The van der Waals surface area contributed by atoms with Crippen molar-refractivity contribution in [2.45, 2.75) is 19.3 Å². The van der Waals surface area contributed by atoms with Gasteiger partial charge in [-0.2, -0.15) is 5.10 Å². The highest BCUT2D eigenvalue weighted by Crippen LogP contribution is 2.21. The lowest BCUT2D eigenvalue weighted by Gasteiger charge is -2.16. The molecule has 0 saturated heterocycles. The Balaban J connectivity index is 2.21. The van der Waals surface area contributed by atoms with Gasteiger partial charge in [0.1, 0.15) is 5.69 Å². The molecule has 1 unspecified atom stereocenters. The average molecular weight is 220 g/mol. The minimum Gasteiger partial charge on any atom is -0.292 e. The molecule has 1 aliphatic carbocycles. The van der Waals surface area contributed by atoms with Crippen molar-refractivity contribution < 1.29 is 14.4 Å². The fourth-order valence-electron chi connectivity index (χ4n) is 1.89. The van der Waals surface area contributed by atoms with Gasteiger partial charge < -0.3 is 0 Å². The van der Waals surface area contributed by atoms with Gasteiger partial charge in [-0.3, -0.25) is 19.1 Å². The predicted molar refractivity (Wildman–Crippen MR) is 54.9 cm³/mol. The first-order valence-corrected chi connectivity index (χ1v) is 5.20. The summed E-state index contributed by atoms with van der Waals surface area (Å²) in [4.78, 5) is 34.7. The lowest BCUT2D eigenvalue weighted by molar-refractivity contribution is -0.139. The molecule has 84 valence electrons. The van der Waals surface area contributed by atoms with E-state index in [9.17, 15) is 14.4 Å². The summed E-state index contributed by atoms with van der Waals surface area (Å²) in [6, 6.07) is 1.56. The van der Waals surface area contributed by atoms with E-state index in [0.29, 0.717) is 12.8 Å². The Morgan fingerprint density at radius 2 is 2.25 bits per heavy atom. The van der Waals surface area contributed by atoms with Gasteiger partial charge in [-0.25, -0.2) is 0 Å². The Kier molecular flexibility index (Phi) is 2.68. The van der Waals surface area contributed by atoms with Crippen LogP contribution in [0.1, 0.15) is 29.8 Å². The van der Waals surface area contributed by atoms with Crippen molar-refractivity contribution in [1.29, 1.82) is 0 Å². The van der Waals surface area contributed by atoms with E-state index in [1.165, 1.54) is 4.68 Å². The van der Waals surface area contributed by atoms with Crippen LogP contribution >= 0.6 is 0 Å². The average Bonchev–Trinajstić information content (AvgIpc) is 2.68. The van der Waals surface area contributed by atoms with Gasteiger partial charge in [0.15, 0.2) is 11.6 Å². The summed E-state index contributed by atoms with van der Waals surface area (Å²) in [5.74, 6) is -2.13. The summed E-state index contributed by atoms with van der Waals surface area (Å²) >= 11 is 0. The molecule has 2 rings (SSSR count). The molecular weight excluding hydrogens is 208 g/mol. The van der Waals surface area contributed by atoms with Crippen LogP contribution in [0.3, 0.4) is 0 Å². The summed E-state index contributed by atoms with van der Waals surface area (Å²) in [5.41, 5.74) is 0.260. The van der Waals surface area contributed by atoms with Crippen LogP contribution in [0.25, 0.3) is 0 Å². The van der Waals surface area contributed by atoms with Crippen LogP contribution in [0.15, 0.2) is 12.3 Å². The largest absolute Gasteiger partial charge is 0.292 e. The predicted octanol–water partition coefficient (Wildman–Crippen LogP) is 0.541. The minimum absolute atomic E-state index is 0.260. The topological polar surface area (TPSA) is 69.0 Å². The third-order valence-corrected chi connectivity index (χ3v) is 2.77. The Bertz CT molecular complexity index is 462. The maximum Gasteiger partial charge on any atom is 0.209 e. The molecular formula is C11H12N2O3. The van der Waals surface area contributed by atoms with Gasteiger partial charge >= 0.3 is 0 Å². The summed E-state index contributed by atoms with van der Waals surface area (Å²) in [7, 11) is 1.70. The van der Waals surface area contributed by atoms with E-state index in [0.717, 1.165) is 0 Å². The molecule has 0 amide bonds. The fourth-order valence-corrected chi connectivity index (χ4v) is 1.89. The maximum atomic E-state index is 11.9. The molecule has 5 nitrogen and oxygen atoms in total. The van der Waals surface area contributed by atoms with Crippen LogP contribution < -0.4 is 0 Å². The van der Waals surface area contributed by atoms with Crippen molar-refractivity contribution in [2.24, 2.45) is 13.0 Å². The van der Waals surface area contributed by atoms with Gasteiger partial charge in [-0.15, -0.1) is 0 Å². The van der Waals surface area contributed by atoms with Crippen LogP contribution in [-0.2, 0) is 16.6 Å². The Morgan fingerprint density at radius 1 is 1.50 bits per heavy atom. The minimum atomic E-state index is -0.809. The normalized spacial score (nSPS) is 21.2. The second-order valence-electron chi connectivity index (χ2n) is 3.97. The molecule has 0 spiro atoms. The molecule has 0 N–H and O–H groups in total. The van der Waals surface area contributed by atoms with Gasteiger partial charge in [0.05, 0.1) is 5.92 Å². The first kappa shape index (κ1) is 10.7. The second kappa shape index (κ2) is 4.00. The zero-order valence-electron chi connectivity index (χ0n) is 8.97. The quantitative estimate of drug-likeness (QED) is 0.414. The summed E-state index contributed by atoms with van der Waals surface area (Å²) in [6.07, 6.45) is 2.97. The van der Waals surface area contributed by atoms with Crippen LogP contribution in [0.4, 0.5) is 0 Å². The van der Waals surface area contributed by atoms with E-state index < -0.39 is 17.5 Å². The number of carbonyl (C=O) groups is 3. The maximum absolute atomic E-state index is 11.9. The number of ketones is 3. The monoisotopic (exact) mass is 220 g/mol. The zero-order chi connectivity index (χ0) is 11.7. The molecule has 16 heavy (non-hydrogen) atoms. The fraction of sp³-hybridized carbons (Fsp3) is 0.455. The molecule has 5 heteroatoms. The van der Waals surface area contributed by atoms with Crippen LogP contribution in [0.5, 0.6) is 0 Å². The molecule has 0 aromatic carbocycles. The van der Waals surface area contributed by atoms with E-state index in [1.54, 1.807) is 19.3 Å². The van der Waals surface area contributed by atoms with Crippen molar-refractivity contribution in [3.05, 3.63) is 18.0 Å². The van der Waals surface area contributed by atoms with E-state index in [2.05, 4.69) is 5.10 Å². The lowest BCUT2D eigenvalue weighted by atomic mass is 9.83. The first-order chi connectivity index (χ1) is 7.59. The molecule has 1 saturated carbocycles. The highest BCUT2D eigenvalue weighted by molar-refractivity contribution is 6.42. The zero-order valence-corrected chi connectivity index (χ0v) is 8.97. The van der Waals surface area contributed by atoms with Crippen molar-refractivity contribution >= 4 is 17.3 Å². The molecule has 1 aliphatic rings. The van der Waals surface area contributed by atoms with Crippen molar-refractivity contribution in [1.82, 2.24) is 9.78 Å². The molecule has 1 fully saturated rings. The van der Waals surface area contributed by atoms with E-state index >= 15 is 0 Å². The summed E-state index contributed by atoms with van der Waals surface area (Å²) in [6.45, 7) is 0. The summed E-state index contributed by atoms with van der Waals surface area (Å²) in [5, 5.41) is 3.95. The van der Waals surface area contributed by atoms with Crippen LogP contribution in [-0.4, -0.2) is 27.1 Å². The number of carbonyl (C=O) groups excluding carboxylic acids is 3. The first-order valence-electron chi connectivity index (χ1n) is 5.20. The number of rotatable bonds is 2.